The lowest BCUT2D eigenvalue weighted by atomic mass is 10.2. The smallest absolute Gasteiger partial charge is 0.232 e. The summed E-state index contributed by atoms with van der Waals surface area (Å²) in [5, 5.41) is 0. The average Bonchev–Trinajstić information content (AvgIpc) is 3.08. The second-order valence-corrected chi connectivity index (χ2v) is 7.35. The highest BCUT2D eigenvalue weighted by Gasteiger charge is 2.14. The van der Waals surface area contributed by atoms with Crippen molar-refractivity contribution in [2.45, 2.75) is 11.8 Å². The van der Waals surface area contributed by atoms with Crippen LogP contribution in [0.5, 0.6) is 0 Å². The summed E-state index contributed by atoms with van der Waals surface area (Å²) in [6.07, 6.45) is 3.65. The molecule has 2 aromatic heterocycles. The van der Waals surface area contributed by atoms with Gasteiger partial charge in [0.05, 0.1) is 23.6 Å². The molecule has 0 aliphatic rings. The van der Waals surface area contributed by atoms with Gasteiger partial charge in [-0.15, -0.1) is 4.57 Å². The summed E-state index contributed by atoms with van der Waals surface area (Å²) in [6.45, 7) is 2.11. The van der Waals surface area contributed by atoms with Gasteiger partial charge in [-0.1, -0.05) is 53.4 Å². The highest BCUT2D eigenvalue weighted by Crippen LogP contribution is 2.22. The molecule has 0 saturated heterocycles. The molecule has 4 aromatic rings. The maximum Gasteiger partial charge on any atom is 0.232 e. The molecule has 0 saturated carbocycles. The van der Waals surface area contributed by atoms with Crippen LogP contribution in [0.2, 0.25) is 0 Å². The Kier molecular flexibility index (Phi) is 4.59. The van der Waals surface area contributed by atoms with Crippen LogP contribution in [0.25, 0.3) is 15.9 Å². The molecule has 0 atom stereocenters. The summed E-state index contributed by atoms with van der Waals surface area (Å²) in [7, 11) is 0. The van der Waals surface area contributed by atoms with Gasteiger partial charge in [0.25, 0.3) is 0 Å². The summed E-state index contributed by atoms with van der Waals surface area (Å²) >= 11 is 3.35. The molecule has 0 amide bonds. The standard InChI is InChI=1S/C20H16N3S2/c1-15-6-2-4-8-19(15)24-13-22-16-10-17(12-21-11-16)23-14-25-20-9-5-3-7-18(20)23/h2-14H,1H3/q+1. The van der Waals surface area contributed by atoms with Gasteiger partial charge >= 0.3 is 0 Å². The van der Waals surface area contributed by atoms with Gasteiger partial charge in [0.2, 0.25) is 16.7 Å². The van der Waals surface area contributed by atoms with Crippen LogP contribution in [-0.2, 0) is 0 Å². The van der Waals surface area contributed by atoms with Crippen molar-refractivity contribution in [2.75, 3.05) is 0 Å². The van der Waals surface area contributed by atoms with Gasteiger partial charge in [0.1, 0.15) is 4.70 Å². The third-order valence-electron chi connectivity index (χ3n) is 3.87. The fourth-order valence-corrected chi connectivity index (χ4v) is 4.17. The summed E-state index contributed by atoms with van der Waals surface area (Å²) in [5.41, 5.74) is 8.29. The zero-order chi connectivity index (χ0) is 17.1. The van der Waals surface area contributed by atoms with Crippen molar-refractivity contribution in [1.29, 1.82) is 0 Å². The lowest BCUT2D eigenvalue weighted by Crippen LogP contribution is -2.27. The zero-order valence-electron chi connectivity index (χ0n) is 13.7. The van der Waals surface area contributed by atoms with Crippen LogP contribution in [0.1, 0.15) is 5.56 Å². The predicted octanol–water partition coefficient (Wildman–Crippen LogP) is 5.33. The second-order valence-electron chi connectivity index (χ2n) is 5.58. The molecule has 5 heteroatoms. The van der Waals surface area contributed by atoms with Gasteiger partial charge in [-0.05, 0) is 24.6 Å². The van der Waals surface area contributed by atoms with Crippen LogP contribution < -0.4 is 4.57 Å². The molecule has 2 heterocycles. The Morgan fingerprint density at radius 3 is 2.84 bits per heavy atom. The molecule has 122 valence electrons. The number of rotatable bonds is 4. The van der Waals surface area contributed by atoms with Crippen molar-refractivity contribution in [3.8, 4) is 5.69 Å². The number of benzene rings is 2. The van der Waals surface area contributed by atoms with Crippen LogP contribution in [0.3, 0.4) is 0 Å². The fraction of sp³-hybridized carbons (Fsp3) is 0.0500. The van der Waals surface area contributed by atoms with Gasteiger partial charge < -0.3 is 0 Å². The maximum absolute atomic E-state index is 4.56. The molecule has 2 aromatic carbocycles. The van der Waals surface area contributed by atoms with Gasteiger partial charge in [-0.25, -0.2) is 4.99 Å². The number of aliphatic imine (C=N–C) groups is 1. The van der Waals surface area contributed by atoms with E-state index < -0.39 is 0 Å². The molecular weight excluding hydrogens is 346 g/mol. The van der Waals surface area contributed by atoms with Crippen molar-refractivity contribution in [1.82, 2.24) is 4.98 Å². The number of hydrogen-bond acceptors (Lipinski definition) is 4. The minimum absolute atomic E-state index is 0.848. The van der Waals surface area contributed by atoms with Crippen LogP contribution >= 0.6 is 23.1 Å². The second kappa shape index (κ2) is 7.17. The van der Waals surface area contributed by atoms with E-state index in [1.54, 1.807) is 29.3 Å². The number of thiazole rings is 1. The summed E-state index contributed by atoms with van der Waals surface area (Å²) in [4.78, 5) is 10.1. The summed E-state index contributed by atoms with van der Waals surface area (Å²) < 4.78 is 3.41. The first kappa shape index (κ1) is 16.0. The van der Waals surface area contributed by atoms with Crippen molar-refractivity contribution >= 4 is 44.5 Å². The zero-order valence-corrected chi connectivity index (χ0v) is 15.3. The minimum atomic E-state index is 0.848. The maximum atomic E-state index is 4.56. The van der Waals surface area contributed by atoms with Gasteiger partial charge in [0, 0.05) is 17.0 Å². The Balaban J connectivity index is 1.59. The van der Waals surface area contributed by atoms with E-state index in [1.165, 1.54) is 20.7 Å². The lowest BCUT2D eigenvalue weighted by molar-refractivity contribution is -0.562. The molecule has 0 radical (unpaired) electrons. The van der Waals surface area contributed by atoms with E-state index in [0.717, 1.165) is 11.4 Å². The van der Waals surface area contributed by atoms with Crippen LogP contribution in [0, 0.1) is 6.92 Å². The molecule has 0 bridgehead atoms. The Morgan fingerprint density at radius 2 is 1.92 bits per heavy atom. The van der Waals surface area contributed by atoms with E-state index in [2.05, 4.69) is 69.4 Å². The molecule has 25 heavy (non-hydrogen) atoms. The normalized spacial score (nSPS) is 11.4. The molecule has 0 spiro atoms. The predicted molar refractivity (Wildman–Crippen MR) is 106 cm³/mol. The highest BCUT2D eigenvalue weighted by atomic mass is 32.2. The number of pyridine rings is 1. The first-order valence-electron chi connectivity index (χ1n) is 7.89. The molecule has 4 rings (SSSR count). The van der Waals surface area contributed by atoms with E-state index in [9.17, 15) is 0 Å². The van der Waals surface area contributed by atoms with E-state index in [0.29, 0.717) is 0 Å². The van der Waals surface area contributed by atoms with Crippen molar-refractivity contribution < 1.29 is 4.57 Å². The van der Waals surface area contributed by atoms with Gasteiger partial charge in [-0.2, -0.15) is 0 Å². The monoisotopic (exact) mass is 362 g/mol. The Hall–Kier alpha value is -2.50. The van der Waals surface area contributed by atoms with Crippen molar-refractivity contribution in [3.05, 3.63) is 78.1 Å². The third-order valence-corrected chi connectivity index (χ3v) is 5.71. The average molecular weight is 363 g/mol. The van der Waals surface area contributed by atoms with E-state index in [-0.39, 0.29) is 0 Å². The Bertz CT molecular complexity index is 1050. The molecular formula is C20H16N3S2+. The number of hydrogen-bond donors (Lipinski definition) is 0. The summed E-state index contributed by atoms with van der Waals surface area (Å²) in [6, 6.07) is 18.7. The molecule has 0 fully saturated rings. The summed E-state index contributed by atoms with van der Waals surface area (Å²) in [5.74, 6) is 0. The number of para-hydroxylation sites is 1. The Labute approximate surface area is 154 Å². The van der Waals surface area contributed by atoms with E-state index in [4.69, 9.17) is 0 Å². The SMILES string of the molecule is Cc1ccccc1SC=Nc1cncc(-[n+]2csc3ccccc32)c1. The number of fused-ring (bicyclic) bond motifs is 1. The first-order valence-corrected chi connectivity index (χ1v) is 9.65. The van der Waals surface area contributed by atoms with E-state index >= 15 is 0 Å². The Morgan fingerprint density at radius 1 is 1.08 bits per heavy atom. The minimum Gasteiger partial charge on any atom is -0.256 e. The number of aryl methyl sites for hydroxylation is 1. The number of nitrogens with zero attached hydrogens (tertiary/aromatic N) is 3. The quantitative estimate of drug-likeness (QED) is 0.212. The topological polar surface area (TPSA) is 29.1 Å². The van der Waals surface area contributed by atoms with Crippen molar-refractivity contribution in [3.63, 3.8) is 0 Å². The van der Waals surface area contributed by atoms with Gasteiger partial charge in [-0.3, -0.25) is 4.98 Å². The lowest BCUT2D eigenvalue weighted by Gasteiger charge is -2.00. The highest BCUT2D eigenvalue weighted by molar-refractivity contribution is 8.12. The molecule has 3 nitrogen and oxygen atoms in total. The number of thioether (sulfide) groups is 1. The van der Waals surface area contributed by atoms with Crippen LogP contribution in [0.4, 0.5) is 5.69 Å². The number of aromatic nitrogens is 2. The fourth-order valence-electron chi connectivity index (χ4n) is 2.57. The van der Waals surface area contributed by atoms with Crippen LogP contribution in [-0.4, -0.2) is 10.5 Å². The molecule has 0 N–H and O–H groups in total. The van der Waals surface area contributed by atoms with Crippen LogP contribution in [0.15, 0.2) is 82.4 Å². The third kappa shape index (κ3) is 3.48. The van der Waals surface area contributed by atoms with Gasteiger partial charge in [0.15, 0.2) is 0 Å². The van der Waals surface area contributed by atoms with Crippen molar-refractivity contribution in [2.24, 2.45) is 4.99 Å². The first-order chi connectivity index (χ1) is 12.3. The molecule has 0 unspecified atom stereocenters. The molecule has 0 aliphatic carbocycles. The molecule has 0 aliphatic heterocycles. The van der Waals surface area contributed by atoms with E-state index in [1.807, 2.05) is 23.9 Å². The largest absolute Gasteiger partial charge is 0.256 e.